The van der Waals surface area contributed by atoms with E-state index in [1.165, 1.54) is 0 Å². The van der Waals surface area contributed by atoms with Crippen molar-refractivity contribution in [3.05, 3.63) is 34.9 Å². The van der Waals surface area contributed by atoms with Crippen LogP contribution in [0.1, 0.15) is 19.4 Å². The average molecular weight is 255 g/mol. The molecule has 2 N–H and O–H groups in total. The summed E-state index contributed by atoms with van der Waals surface area (Å²) >= 11 is 5.91. The fourth-order valence-corrected chi connectivity index (χ4v) is 1.85. The van der Waals surface area contributed by atoms with Gasteiger partial charge in [0.25, 0.3) is 0 Å². The van der Waals surface area contributed by atoms with Crippen molar-refractivity contribution in [2.75, 3.05) is 13.1 Å². The Hall–Kier alpha value is -1.06. The van der Waals surface area contributed by atoms with Crippen LogP contribution in [-0.4, -0.2) is 25.0 Å². The Labute approximate surface area is 108 Å². The number of carbonyl (C=O) groups is 1. The molecule has 0 saturated carbocycles. The van der Waals surface area contributed by atoms with Gasteiger partial charge in [-0.05, 0) is 37.6 Å². The second-order valence-electron chi connectivity index (χ2n) is 4.08. The normalized spacial score (nSPS) is 12.2. The third kappa shape index (κ3) is 5.71. The van der Waals surface area contributed by atoms with Gasteiger partial charge < -0.3 is 10.6 Å². The van der Waals surface area contributed by atoms with Crippen molar-refractivity contribution < 1.29 is 4.79 Å². The highest BCUT2D eigenvalue weighted by Gasteiger charge is 2.07. The molecule has 0 aliphatic rings. The van der Waals surface area contributed by atoms with Crippen LogP contribution in [0.25, 0.3) is 0 Å². The summed E-state index contributed by atoms with van der Waals surface area (Å²) in [5.74, 6) is 0.0291. The Balaban J connectivity index is 2.39. The number of amides is 1. The number of nitrogens with one attached hydrogen (secondary N) is 2. The molecule has 4 heteroatoms. The molecule has 1 atom stereocenters. The van der Waals surface area contributed by atoms with Crippen LogP contribution < -0.4 is 10.6 Å². The van der Waals surface area contributed by atoms with Crippen molar-refractivity contribution in [1.29, 1.82) is 0 Å². The predicted molar refractivity (Wildman–Crippen MR) is 71.3 cm³/mol. The van der Waals surface area contributed by atoms with E-state index in [0.29, 0.717) is 6.54 Å². The van der Waals surface area contributed by atoms with E-state index in [4.69, 9.17) is 11.6 Å². The number of hydrogen-bond acceptors (Lipinski definition) is 2. The molecule has 0 bridgehead atoms. The van der Waals surface area contributed by atoms with E-state index in [2.05, 4.69) is 10.6 Å². The van der Waals surface area contributed by atoms with Crippen LogP contribution in [0, 0.1) is 0 Å². The first-order valence-corrected chi connectivity index (χ1v) is 6.24. The van der Waals surface area contributed by atoms with Crippen LogP contribution in [0.15, 0.2) is 24.3 Å². The second-order valence-corrected chi connectivity index (χ2v) is 4.52. The number of halogens is 1. The van der Waals surface area contributed by atoms with Gasteiger partial charge in [0.1, 0.15) is 0 Å². The molecule has 1 rings (SSSR count). The maximum absolute atomic E-state index is 11.5. The molecule has 1 aromatic carbocycles. The van der Waals surface area contributed by atoms with Crippen LogP contribution >= 0.6 is 11.6 Å². The molecule has 0 heterocycles. The molecule has 0 aromatic heterocycles. The van der Waals surface area contributed by atoms with Gasteiger partial charge in [-0.3, -0.25) is 4.79 Å². The molecule has 0 aliphatic heterocycles. The first-order valence-electron chi connectivity index (χ1n) is 5.86. The molecular weight excluding hydrogens is 236 g/mol. The van der Waals surface area contributed by atoms with E-state index in [1.807, 2.05) is 38.1 Å². The molecule has 0 saturated heterocycles. The van der Waals surface area contributed by atoms with Gasteiger partial charge in [0.05, 0.1) is 6.54 Å². The van der Waals surface area contributed by atoms with Gasteiger partial charge in [-0.25, -0.2) is 0 Å². The minimum Gasteiger partial charge on any atom is -0.352 e. The van der Waals surface area contributed by atoms with Gasteiger partial charge in [-0.1, -0.05) is 30.7 Å². The highest BCUT2D eigenvalue weighted by Crippen LogP contribution is 2.12. The Morgan fingerprint density at radius 2 is 2.24 bits per heavy atom. The van der Waals surface area contributed by atoms with E-state index < -0.39 is 0 Å². The van der Waals surface area contributed by atoms with Crippen molar-refractivity contribution in [3.63, 3.8) is 0 Å². The van der Waals surface area contributed by atoms with Crippen LogP contribution in [0.4, 0.5) is 0 Å². The lowest BCUT2D eigenvalue weighted by atomic mass is 10.1. The lowest BCUT2D eigenvalue weighted by Gasteiger charge is -2.14. The van der Waals surface area contributed by atoms with Crippen molar-refractivity contribution >= 4 is 17.5 Å². The van der Waals surface area contributed by atoms with E-state index >= 15 is 0 Å². The van der Waals surface area contributed by atoms with Crippen LogP contribution in [0.2, 0.25) is 5.02 Å². The summed E-state index contributed by atoms with van der Waals surface area (Å²) in [6.45, 7) is 5.14. The molecule has 94 valence electrons. The SMILES string of the molecule is CCNCC(=O)NC(C)Cc1cccc(Cl)c1. The van der Waals surface area contributed by atoms with Gasteiger partial charge in [-0.2, -0.15) is 0 Å². The summed E-state index contributed by atoms with van der Waals surface area (Å²) in [4.78, 5) is 11.5. The fraction of sp³-hybridized carbons (Fsp3) is 0.462. The summed E-state index contributed by atoms with van der Waals surface area (Å²) in [6, 6.07) is 7.82. The predicted octanol–water partition coefficient (Wildman–Crippen LogP) is 2.00. The Morgan fingerprint density at radius 1 is 1.47 bits per heavy atom. The van der Waals surface area contributed by atoms with E-state index in [9.17, 15) is 4.79 Å². The number of rotatable bonds is 6. The topological polar surface area (TPSA) is 41.1 Å². The minimum absolute atomic E-state index is 0.0291. The second kappa shape index (κ2) is 7.30. The van der Waals surface area contributed by atoms with E-state index in [1.54, 1.807) is 0 Å². The zero-order valence-corrected chi connectivity index (χ0v) is 11.1. The van der Waals surface area contributed by atoms with Gasteiger partial charge in [0, 0.05) is 11.1 Å². The van der Waals surface area contributed by atoms with Crippen LogP contribution in [-0.2, 0) is 11.2 Å². The third-order valence-electron chi connectivity index (χ3n) is 2.37. The number of hydrogen-bond donors (Lipinski definition) is 2. The largest absolute Gasteiger partial charge is 0.352 e. The smallest absolute Gasteiger partial charge is 0.234 e. The lowest BCUT2D eigenvalue weighted by molar-refractivity contribution is -0.120. The Morgan fingerprint density at radius 3 is 2.88 bits per heavy atom. The molecule has 0 radical (unpaired) electrons. The summed E-state index contributed by atoms with van der Waals surface area (Å²) in [7, 11) is 0. The third-order valence-corrected chi connectivity index (χ3v) is 2.61. The molecule has 0 spiro atoms. The van der Waals surface area contributed by atoms with Gasteiger partial charge in [0.15, 0.2) is 0 Å². The van der Waals surface area contributed by atoms with Crippen LogP contribution in [0.3, 0.4) is 0 Å². The molecule has 1 unspecified atom stereocenters. The van der Waals surface area contributed by atoms with Gasteiger partial charge >= 0.3 is 0 Å². The molecule has 1 aromatic rings. The highest BCUT2D eigenvalue weighted by atomic mass is 35.5. The average Bonchev–Trinajstić information content (AvgIpc) is 2.26. The standard InChI is InChI=1S/C13H19ClN2O/c1-3-15-9-13(17)16-10(2)7-11-5-4-6-12(14)8-11/h4-6,8,10,15H,3,7,9H2,1-2H3,(H,16,17). The number of benzene rings is 1. The maximum atomic E-state index is 11.5. The van der Waals surface area contributed by atoms with Gasteiger partial charge in [0.2, 0.25) is 5.91 Å². The number of likely N-dealkylation sites (N-methyl/N-ethyl adjacent to an activating group) is 1. The van der Waals surface area contributed by atoms with Crippen molar-refractivity contribution in [3.8, 4) is 0 Å². The first-order chi connectivity index (χ1) is 8.11. The molecule has 0 fully saturated rings. The van der Waals surface area contributed by atoms with Crippen molar-refractivity contribution in [2.24, 2.45) is 0 Å². The van der Waals surface area contributed by atoms with Crippen molar-refractivity contribution in [1.82, 2.24) is 10.6 Å². The summed E-state index contributed by atoms with van der Waals surface area (Å²) in [5, 5.41) is 6.66. The molecule has 1 amide bonds. The Kier molecular flexibility index (Phi) is 6.01. The summed E-state index contributed by atoms with van der Waals surface area (Å²) in [6.07, 6.45) is 0.790. The maximum Gasteiger partial charge on any atom is 0.234 e. The lowest BCUT2D eigenvalue weighted by Crippen LogP contribution is -2.39. The first kappa shape index (κ1) is 14.0. The number of carbonyl (C=O) groups excluding carboxylic acids is 1. The Bertz CT molecular complexity index is 368. The summed E-state index contributed by atoms with van der Waals surface area (Å²) < 4.78 is 0. The summed E-state index contributed by atoms with van der Waals surface area (Å²) in [5.41, 5.74) is 1.13. The van der Waals surface area contributed by atoms with Crippen LogP contribution in [0.5, 0.6) is 0 Å². The van der Waals surface area contributed by atoms with Crippen molar-refractivity contribution in [2.45, 2.75) is 26.3 Å². The zero-order valence-electron chi connectivity index (χ0n) is 10.3. The van der Waals surface area contributed by atoms with Gasteiger partial charge in [-0.15, -0.1) is 0 Å². The molecular formula is C13H19ClN2O. The van der Waals surface area contributed by atoms with E-state index in [-0.39, 0.29) is 11.9 Å². The zero-order chi connectivity index (χ0) is 12.7. The van der Waals surface area contributed by atoms with E-state index in [0.717, 1.165) is 23.6 Å². The molecule has 3 nitrogen and oxygen atoms in total. The molecule has 0 aliphatic carbocycles. The molecule has 17 heavy (non-hydrogen) atoms. The minimum atomic E-state index is 0.0291. The highest BCUT2D eigenvalue weighted by molar-refractivity contribution is 6.30. The fourth-order valence-electron chi connectivity index (χ4n) is 1.63. The quantitative estimate of drug-likeness (QED) is 0.815. The monoisotopic (exact) mass is 254 g/mol.